The Kier molecular flexibility index (Phi) is 8.91. The fraction of sp³-hybridized carbons (Fsp3) is 0.312. The van der Waals surface area contributed by atoms with Crippen molar-refractivity contribution in [3.63, 3.8) is 0 Å². The van der Waals surface area contributed by atoms with E-state index >= 15 is 0 Å². The Bertz CT molecular complexity index is 643. The molecule has 1 rings (SSSR count). The van der Waals surface area contributed by atoms with E-state index in [2.05, 4.69) is 21.4 Å². The molecular weight excluding hydrogens is 316 g/mol. The van der Waals surface area contributed by atoms with E-state index in [9.17, 15) is 9.59 Å². The highest BCUT2D eigenvalue weighted by molar-refractivity contribution is 7.99. The van der Waals surface area contributed by atoms with Crippen molar-refractivity contribution in [2.45, 2.75) is 18.2 Å². The van der Waals surface area contributed by atoms with Crippen molar-refractivity contribution in [1.82, 2.24) is 0 Å². The van der Waals surface area contributed by atoms with Crippen LogP contribution in [0, 0.1) is 11.8 Å². The summed E-state index contributed by atoms with van der Waals surface area (Å²) < 4.78 is 9.34. The lowest BCUT2D eigenvalue weighted by atomic mass is 10.4. The maximum absolute atomic E-state index is 11.5. The Balaban J connectivity index is 2.26. The van der Waals surface area contributed by atoms with Crippen LogP contribution in [0.2, 0.25) is 0 Å². The van der Waals surface area contributed by atoms with Crippen LogP contribution in [-0.4, -0.2) is 41.4 Å². The molecule has 1 aromatic carbocycles. The van der Waals surface area contributed by atoms with Gasteiger partial charge in [-0.3, -0.25) is 0 Å². The monoisotopic (exact) mass is 332 g/mol. The SMILES string of the molecule is CCOC(=O)C(=[N+]=[N-])C(=O)OCCC#CCSc1ccccc1. The number of rotatable bonds is 7. The molecule has 23 heavy (non-hydrogen) atoms. The molecule has 0 spiro atoms. The predicted molar refractivity (Wildman–Crippen MR) is 85.8 cm³/mol. The third-order valence-corrected chi connectivity index (χ3v) is 3.30. The van der Waals surface area contributed by atoms with Gasteiger partial charge in [0.15, 0.2) is 0 Å². The lowest BCUT2D eigenvalue weighted by Crippen LogP contribution is -2.29. The van der Waals surface area contributed by atoms with E-state index in [-0.39, 0.29) is 13.2 Å². The summed E-state index contributed by atoms with van der Waals surface area (Å²) in [6.45, 7) is 1.64. The Morgan fingerprint density at radius 1 is 1.17 bits per heavy atom. The molecule has 7 heteroatoms. The number of esters is 2. The predicted octanol–water partition coefficient (Wildman–Crippen LogP) is 1.95. The highest BCUT2D eigenvalue weighted by Gasteiger charge is 2.32. The smallest absolute Gasteiger partial charge is 0.457 e. The zero-order chi connectivity index (χ0) is 16.9. The van der Waals surface area contributed by atoms with E-state index < -0.39 is 17.7 Å². The molecule has 0 saturated heterocycles. The average molecular weight is 332 g/mol. The third kappa shape index (κ3) is 7.32. The molecule has 0 fully saturated rings. The molecule has 0 amide bonds. The highest BCUT2D eigenvalue weighted by atomic mass is 32.2. The molecule has 0 aliphatic rings. The molecule has 6 nitrogen and oxygen atoms in total. The Morgan fingerprint density at radius 3 is 2.52 bits per heavy atom. The van der Waals surface area contributed by atoms with Crippen molar-refractivity contribution >= 4 is 29.4 Å². The first-order valence-corrected chi connectivity index (χ1v) is 7.87. The van der Waals surface area contributed by atoms with Crippen LogP contribution >= 0.6 is 11.8 Å². The average Bonchev–Trinajstić information content (AvgIpc) is 2.56. The number of hydrogen-bond acceptors (Lipinski definition) is 5. The number of benzene rings is 1. The second-order valence-electron chi connectivity index (χ2n) is 4.01. The number of hydrogen-bond donors (Lipinski definition) is 0. The first-order valence-electron chi connectivity index (χ1n) is 6.89. The second-order valence-corrected chi connectivity index (χ2v) is 5.06. The van der Waals surface area contributed by atoms with Gasteiger partial charge in [0.1, 0.15) is 6.61 Å². The molecule has 0 bridgehead atoms. The van der Waals surface area contributed by atoms with Gasteiger partial charge in [-0.1, -0.05) is 30.0 Å². The minimum absolute atomic E-state index is 0.000260. The van der Waals surface area contributed by atoms with Crippen LogP contribution in [0.4, 0.5) is 0 Å². The van der Waals surface area contributed by atoms with E-state index in [1.54, 1.807) is 18.7 Å². The summed E-state index contributed by atoms with van der Waals surface area (Å²) in [5, 5.41) is 0. The molecule has 1 aromatic rings. The standard InChI is InChI=1S/C16H16N2O4S/c1-2-21-15(19)14(18-17)16(20)22-11-7-4-8-12-23-13-9-5-3-6-10-13/h3,5-6,9-10H,2,7,11-12H2,1H3. The third-order valence-electron chi connectivity index (χ3n) is 2.40. The molecule has 0 unspecified atom stereocenters. The largest absolute Gasteiger partial charge is 0.482 e. The van der Waals surface area contributed by atoms with E-state index in [1.165, 1.54) is 0 Å². The number of ether oxygens (including phenoxy) is 2. The molecule has 0 aliphatic heterocycles. The summed E-state index contributed by atoms with van der Waals surface area (Å²) in [6.07, 6.45) is 0.322. The van der Waals surface area contributed by atoms with Gasteiger partial charge >= 0.3 is 17.7 Å². The van der Waals surface area contributed by atoms with Crippen molar-refractivity contribution in [3.8, 4) is 11.8 Å². The first kappa shape index (κ1) is 18.5. The Labute approximate surface area is 138 Å². The van der Waals surface area contributed by atoms with Crippen LogP contribution < -0.4 is 0 Å². The minimum atomic E-state index is -1.04. The molecule has 0 heterocycles. The maximum atomic E-state index is 11.5. The van der Waals surface area contributed by atoms with Gasteiger partial charge in [-0.2, -0.15) is 4.79 Å². The van der Waals surface area contributed by atoms with Gasteiger partial charge in [0.05, 0.1) is 12.4 Å². The van der Waals surface area contributed by atoms with Gasteiger partial charge in [0, 0.05) is 11.3 Å². The van der Waals surface area contributed by atoms with Gasteiger partial charge in [-0.25, -0.2) is 9.59 Å². The topological polar surface area (TPSA) is 89.0 Å². The van der Waals surface area contributed by atoms with Gasteiger partial charge in [0.25, 0.3) is 0 Å². The molecule has 0 atom stereocenters. The summed E-state index contributed by atoms with van der Waals surface area (Å²) in [5.41, 5.74) is 7.85. The van der Waals surface area contributed by atoms with Crippen molar-refractivity contribution in [3.05, 3.63) is 35.9 Å². The van der Waals surface area contributed by atoms with Crippen LogP contribution in [0.15, 0.2) is 35.2 Å². The molecule has 0 saturated carbocycles. The van der Waals surface area contributed by atoms with Crippen molar-refractivity contribution in [2.24, 2.45) is 0 Å². The van der Waals surface area contributed by atoms with E-state index in [4.69, 9.17) is 10.3 Å². The van der Waals surface area contributed by atoms with E-state index in [0.717, 1.165) is 4.90 Å². The summed E-state index contributed by atoms with van der Waals surface area (Å²) >= 11 is 1.61. The lowest BCUT2D eigenvalue weighted by Gasteiger charge is -1.99. The van der Waals surface area contributed by atoms with Gasteiger partial charge in [0.2, 0.25) is 0 Å². The highest BCUT2D eigenvalue weighted by Crippen LogP contribution is 2.15. The zero-order valence-electron chi connectivity index (χ0n) is 12.7. The molecule has 0 N–H and O–H groups in total. The summed E-state index contributed by atoms with van der Waals surface area (Å²) in [7, 11) is 0. The fourth-order valence-corrected chi connectivity index (χ4v) is 2.09. The molecule has 120 valence electrons. The number of thioether (sulfide) groups is 1. The lowest BCUT2D eigenvalue weighted by molar-refractivity contribution is -0.148. The van der Waals surface area contributed by atoms with Crippen LogP contribution in [0.1, 0.15) is 13.3 Å². The maximum Gasteiger partial charge on any atom is 0.482 e. The molecular formula is C16H16N2O4S. The van der Waals surface area contributed by atoms with Crippen molar-refractivity contribution in [2.75, 3.05) is 19.0 Å². The second kappa shape index (κ2) is 11.1. The van der Waals surface area contributed by atoms with Crippen molar-refractivity contribution < 1.29 is 23.9 Å². The van der Waals surface area contributed by atoms with Crippen LogP contribution in [-0.2, 0) is 19.1 Å². The summed E-state index contributed by atoms with van der Waals surface area (Å²) in [5.74, 6) is 4.37. The quantitative estimate of drug-likeness (QED) is 0.111. The molecule has 0 aromatic heterocycles. The van der Waals surface area contributed by atoms with Gasteiger partial charge in [-0.15, -0.1) is 11.8 Å². The van der Waals surface area contributed by atoms with Crippen LogP contribution in [0.5, 0.6) is 0 Å². The zero-order valence-corrected chi connectivity index (χ0v) is 13.5. The van der Waals surface area contributed by atoms with Crippen LogP contribution in [0.25, 0.3) is 5.53 Å². The van der Waals surface area contributed by atoms with Gasteiger partial charge in [-0.05, 0) is 19.1 Å². The summed E-state index contributed by atoms with van der Waals surface area (Å²) in [4.78, 5) is 26.5. The summed E-state index contributed by atoms with van der Waals surface area (Å²) in [6, 6.07) is 9.86. The Morgan fingerprint density at radius 2 is 1.87 bits per heavy atom. The van der Waals surface area contributed by atoms with E-state index in [1.807, 2.05) is 30.3 Å². The Hall–Kier alpha value is -2.55. The minimum Gasteiger partial charge on any atom is -0.457 e. The van der Waals surface area contributed by atoms with Crippen LogP contribution in [0.3, 0.4) is 0 Å². The number of carbonyl (C=O) groups excluding carboxylic acids is 2. The molecule has 0 aliphatic carbocycles. The normalized spacial score (nSPS) is 9.09. The van der Waals surface area contributed by atoms with E-state index in [0.29, 0.717) is 12.2 Å². The number of nitrogens with zero attached hydrogens (tertiary/aromatic N) is 2. The fourth-order valence-electron chi connectivity index (χ4n) is 1.40. The number of carbonyl (C=O) groups is 2. The van der Waals surface area contributed by atoms with Crippen molar-refractivity contribution in [1.29, 1.82) is 0 Å². The molecule has 0 radical (unpaired) electrons. The van der Waals surface area contributed by atoms with Gasteiger partial charge < -0.3 is 15.0 Å². The first-order chi connectivity index (χ1) is 11.2.